The van der Waals surface area contributed by atoms with Crippen molar-refractivity contribution in [3.8, 4) is 0 Å². The number of hydrogen-bond acceptors (Lipinski definition) is 6. The topological polar surface area (TPSA) is 82.2 Å². The summed E-state index contributed by atoms with van der Waals surface area (Å²) < 4.78 is 5.12. The van der Waals surface area contributed by atoms with E-state index in [0.29, 0.717) is 61.2 Å². The molecule has 40 heavy (non-hydrogen) atoms. The first-order valence-corrected chi connectivity index (χ1v) is 14.4. The Labute approximate surface area is 244 Å². The van der Waals surface area contributed by atoms with Crippen LogP contribution in [0.4, 0.5) is 16.2 Å². The number of hydrogen-bond donors (Lipinski definition) is 1. The van der Waals surface area contributed by atoms with Crippen molar-refractivity contribution in [1.29, 1.82) is 0 Å². The highest BCUT2D eigenvalue weighted by atomic mass is 35.5. The highest BCUT2D eigenvalue weighted by Gasteiger charge is 2.42. The minimum Gasteiger partial charge on any atom is -0.450 e. The Hall–Kier alpha value is -3.23. The van der Waals surface area contributed by atoms with Crippen molar-refractivity contribution in [2.24, 2.45) is 5.41 Å². The number of ether oxygens (including phenoxy) is 1. The minimum atomic E-state index is -0.547. The van der Waals surface area contributed by atoms with Crippen LogP contribution in [0.1, 0.15) is 45.2 Å². The van der Waals surface area contributed by atoms with Gasteiger partial charge in [-0.15, -0.1) is 0 Å². The van der Waals surface area contributed by atoms with Gasteiger partial charge in [-0.2, -0.15) is 0 Å². The van der Waals surface area contributed by atoms with E-state index in [0.717, 1.165) is 22.6 Å². The molecule has 1 unspecified atom stereocenters. The summed E-state index contributed by atoms with van der Waals surface area (Å²) in [6.45, 7) is 7.93. The SMILES string of the molecule is CCOC(=O)N1CCN(C(=O)CN2c3ccccc3NC3=C(C(=O)CC(C)(C)C3)C2c2ccc(Cl)c(Cl)c2)CC1. The van der Waals surface area contributed by atoms with Gasteiger partial charge in [0.05, 0.1) is 40.6 Å². The average Bonchev–Trinajstić information content (AvgIpc) is 3.04. The minimum absolute atomic E-state index is 0.0382. The third-order valence-corrected chi connectivity index (χ3v) is 8.47. The van der Waals surface area contributed by atoms with Crippen LogP contribution in [0.2, 0.25) is 10.0 Å². The van der Waals surface area contributed by atoms with E-state index in [-0.39, 0.29) is 29.7 Å². The summed E-state index contributed by atoms with van der Waals surface area (Å²) in [6.07, 6.45) is 0.733. The maximum Gasteiger partial charge on any atom is 0.409 e. The molecule has 212 valence electrons. The number of benzene rings is 2. The van der Waals surface area contributed by atoms with Gasteiger partial charge in [0, 0.05) is 43.9 Å². The Balaban J connectivity index is 1.54. The Morgan fingerprint density at radius 2 is 1.70 bits per heavy atom. The first kappa shape index (κ1) is 28.3. The number of halogens is 2. The summed E-state index contributed by atoms with van der Waals surface area (Å²) in [5.74, 6) is -0.0425. The second-order valence-corrected chi connectivity index (χ2v) is 12.1. The molecule has 1 fully saturated rings. The number of rotatable bonds is 4. The molecular formula is C30H34Cl2N4O4. The molecule has 8 nitrogen and oxygen atoms in total. The second kappa shape index (κ2) is 11.3. The van der Waals surface area contributed by atoms with Crippen molar-refractivity contribution < 1.29 is 19.1 Å². The van der Waals surface area contributed by atoms with Crippen LogP contribution in [0.15, 0.2) is 53.7 Å². The standard InChI is InChI=1S/C30H34Cl2N4O4/c1-4-40-29(39)35-13-11-34(12-14-35)26(38)18-36-24-8-6-5-7-22(24)33-23-16-30(2,3)17-25(37)27(23)28(36)19-9-10-20(31)21(32)15-19/h5-10,15,28,33H,4,11-14,16-18H2,1-3H3. The lowest BCUT2D eigenvalue weighted by molar-refractivity contribution is -0.131. The fraction of sp³-hybridized carbons (Fsp3) is 0.433. The number of anilines is 2. The predicted molar refractivity (Wildman–Crippen MR) is 157 cm³/mol. The van der Waals surface area contributed by atoms with Crippen LogP contribution in [-0.2, 0) is 14.3 Å². The average molecular weight is 586 g/mol. The molecule has 2 heterocycles. The molecule has 3 aliphatic rings. The van der Waals surface area contributed by atoms with Crippen LogP contribution in [-0.4, -0.2) is 66.9 Å². The lowest BCUT2D eigenvalue weighted by atomic mass is 9.73. The highest BCUT2D eigenvalue weighted by molar-refractivity contribution is 6.42. The maximum absolute atomic E-state index is 13.8. The zero-order valence-corrected chi connectivity index (χ0v) is 24.5. The van der Waals surface area contributed by atoms with E-state index in [9.17, 15) is 14.4 Å². The van der Waals surface area contributed by atoms with Crippen molar-refractivity contribution in [3.63, 3.8) is 0 Å². The Morgan fingerprint density at radius 3 is 2.40 bits per heavy atom. The number of piperazine rings is 1. The number of carbonyl (C=O) groups excluding carboxylic acids is 3. The molecule has 1 N–H and O–H groups in total. The number of ketones is 1. The monoisotopic (exact) mass is 584 g/mol. The van der Waals surface area contributed by atoms with Gasteiger partial charge in [-0.05, 0) is 48.6 Å². The fourth-order valence-corrected chi connectivity index (χ4v) is 6.16. The zero-order chi connectivity index (χ0) is 28.6. The molecule has 2 aromatic carbocycles. The van der Waals surface area contributed by atoms with E-state index in [1.165, 1.54) is 0 Å². The second-order valence-electron chi connectivity index (χ2n) is 11.2. The van der Waals surface area contributed by atoms with Crippen molar-refractivity contribution in [2.45, 2.75) is 39.7 Å². The van der Waals surface area contributed by atoms with Gasteiger partial charge in [-0.1, -0.05) is 55.2 Å². The highest BCUT2D eigenvalue weighted by Crippen LogP contribution is 2.48. The van der Waals surface area contributed by atoms with Crippen LogP contribution in [0.3, 0.4) is 0 Å². The molecule has 1 aliphatic carbocycles. The van der Waals surface area contributed by atoms with E-state index >= 15 is 0 Å². The number of fused-ring (bicyclic) bond motifs is 1. The van der Waals surface area contributed by atoms with Crippen molar-refractivity contribution in [3.05, 3.63) is 69.3 Å². The van der Waals surface area contributed by atoms with Crippen LogP contribution in [0.5, 0.6) is 0 Å². The van der Waals surface area contributed by atoms with Crippen molar-refractivity contribution in [1.82, 2.24) is 9.80 Å². The first-order chi connectivity index (χ1) is 19.1. The van der Waals surface area contributed by atoms with Crippen LogP contribution < -0.4 is 10.2 Å². The van der Waals surface area contributed by atoms with E-state index in [1.807, 2.05) is 35.2 Å². The van der Waals surface area contributed by atoms with Gasteiger partial charge in [0.25, 0.3) is 0 Å². The quantitative estimate of drug-likeness (QED) is 0.481. The number of nitrogens with zero attached hydrogens (tertiary/aromatic N) is 3. The normalized spacial score (nSPS) is 20.4. The number of allylic oxidation sites excluding steroid dienone is 1. The molecule has 2 aromatic rings. The van der Waals surface area contributed by atoms with E-state index in [1.54, 1.807) is 28.9 Å². The maximum atomic E-state index is 13.8. The van der Waals surface area contributed by atoms with Crippen LogP contribution in [0, 0.1) is 5.41 Å². The molecule has 5 rings (SSSR count). The molecule has 0 spiro atoms. The van der Waals surface area contributed by atoms with E-state index in [4.69, 9.17) is 27.9 Å². The summed E-state index contributed by atoms with van der Waals surface area (Å²) >= 11 is 12.8. The summed E-state index contributed by atoms with van der Waals surface area (Å²) in [4.78, 5) is 45.2. The molecule has 0 aromatic heterocycles. The molecule has 1 saturated heterocycles. The first-order valence-electron chi connectivity index (χ1n) is 13.6. The molecule has 2 amide bonds. The lowest BCUT2D eigenvalue weighted by Gasteiger charge is -2.39. The van der Waals surface area contributed by atoms with Crippen molar-refractivity contribution in [2.75, 3.05) is 49.5 Å². The summed E-state index contributed by atoms with van der Waals surface area (Å²) in [5.41, 5.74) is 3.74. The summed E-state index contributed by atoms with van der Waals surface area (Å²) in [6, 6.07) is 12.7. The van der Waals surface area contributed by atoms with E-state index < -0.39 is 6.04 Å². The number of nitrogens with one attached hydrogen (secondary N) is 1. The van der Waals surface area contributed by atoms with Gasteiger partial charge in [-0.25, -0.2) is 4.79 Å². The number of carbonyl (C=O) groups is 3. The predicted octanol–water partition coefficient (Wildman–Crippen LogP) is 5.91. The third kappa shape index (κ3) is 5.65. The molecule has 2 aliphatic heterocycles. The van der Waals surface area contributed by atoms with Gasteiger partial charge in [0.1, 0.15) is 0 Å². The lowest BCUT2D eigenvalue weighted by Crippen LogP contribution is -2.53. The molecule has 0 saturated carbocycles. The Bertz CT molecular complexity index is 1370. The summed E-state index contributed by atoms with van der Waals surface area (Å²) in [5, 5.41) is 4.37. The number of para-hydroxylation sites is 2. The molecule has 10 heteroatoms. The largest absolute Gasteiger partial charge is 0.450 e. The summed E-state index contributed by atoms with van der Waals surface area (Å²) in [7, 11) is 0. The van der Waals surface area contributed by atoms with Crippen molar-refractivity contribution >= 4 is 52.4 Å². The number of amides is 2. The molecule has 1 atom stereocenters. The third-order valence-electron chi connectivity index (χ3n) is 7.73. The van der Waals surface area contributed by atoms with Gasteiger partial charge in [0.15, 0.2) is 5.78 Å². The fourth-order valence-electron chi connectivity index (χ4n) is 5.86. The number of Topliss-reactive ketones (excluding diaryl/α,β-unsaturated/α-hetero) is 1. The molecule has 0 radical (unpaired) electrons. The molecule has 0 bridgehead atoms. The van der Waals surface area contributed by atoms with Gasteiger partial charge in [-0.3, -0.25) is 9.59 Å². The van der Waals surface area contributed by atoms with Gasteiger partial charge in [0.2, 0.25) is 5.91 Å². The zero-order valence-electron chi connectivity index (χ0n) is 23.0. The smallest absolute Gasteiger partial charge is 0.409 e. The van der Waals surface area contributed by atoms with Crippen LogP contribution >= 0.6 is 23.2 Å². The molecular weight excluding hydrogens is 551 g/mol. The Kier molecular flexibility index (Phi) is 8.02. The Morgan fingerprint density at radius 1 is 1.00 bits per heavy atom. The van der Waals surface area contributed by atoms with Gasteiger partial charge >= 0.3 is 6.09 Å². The van der Waals surface area contributed by atoms with Gasteiger partial charge < -0.3 is 24.8 Å². The van der Waals surface area contributed by atoms with Crippen LogP contribution in [0.25, 0.3) is 0 Å². The van der Waals surface area contributed by atoms with E-state index in [2.05, 4.69) is 19.2 Å².